The van der Waals surface area contributed by atoms with Crippen molar-refractivity contribution >= 4 is 11.9 Å². The second-order valence-corrected chi connectivity index (χ2v) is 5.84. The van der Waals surface area contributed by atoms with Crippen LogP contribution in [0, 0.1) is 11.8 Å². The lowest BCUT2D eigenvalue weighted by atomic mass is 9.82. The van der Waals surface area contributed by atoms with Crippen LogP contribution in [-0.4, -0.2) is 23.8 Å². The van der Waals surface area contributed by atoms with Gasteiger partial charge in [-0.1, -0.05) is 18.2 Å². The first-order chi connectivity index (χ1) is 11.1. The number of rotatable bonds is 4. The second-order valence-electron chi connectivity index (χ2n) is 5.84. The molecule has 6 nitrogen and oxygen atoms in total. The van der Waals surface area contributed by atoms with Gasteiger partial charge in [0.15, 0.2) is 11.5 Å². The summed E-state index contributed by atoms with van der Waals surface area (Å²) in [5, 5.41) is 12.2. The van der Waals surface area contributed by atoms with Crippen molar-refractivity contribution in [2.75, 3.05) is 6.79 Å². The summed E-state index contributed by atoms with van der Waals surface area (Å²) in [5.74, 6) is -1.00. The van der Waals surface area contributed by atoms with Crippen LogP contribution in [0.3, 0.4) is 0 Å². The number of carboxylic acid groups (broad SMARTS) is 1. The van der Waals surface area contributed by atoms with Crippen molar-refractivity contribution in [1.29, 1.82) is 0 Å². The SMILES string of the molecule is C[C@H](NC(=O)[C@@H]1CC=CC[C@H]1C(=O)O)c1ccc2c(c1)OCO2. The third kappa shape index (κ3) is 3.16. The molecule has 3 atom stereocenters. The summed E-state index contributed by atoms with van der Waals surface area (Å²) in [6, 6.07) is 5.28. The van der Waals surface area contributed by atoms with E-state index in [9.17, 15) is 14.7 Å². The number of carboxylic acids is 1. The Morgan fingerprint density at radius 1 is 1.17 bits per heavy atom. The first-order valence-electron chi connectivity index (χ1n) is 7.64. The molecule has 2 N–H and O–H groups in total. The van der Waals surface area contributed by atoms with Gasteiger partial charge in [0.2, 0.25) is 12.7 Å². The zero-order chi connectivity index (χ0) is 16.4. The van der Waals surface area contributed by atoms with Crippen LogP contribution >= 0.6 is 0 Å². The lowest BCUT2D eigenvalue weighted by Crippen LogP contribution is -2.39. The first-order valence-corrected chi connectivity index (χ1v) is 7.64. The monoisotopic (exact) mass is 317 g/mol. The highest BCUT2D eigenvalue weighted by molar-refractivity contribution is 5.85. The third-order valence-corrected chi connectivity index (χ3v) is 4.34. The molecule has 0 aromatic heterocycles. The zero-order valence-electron chi connectivity index (χ0n) is 12.8. The number of ether oxygens (including phenoxy) is 2. The van der Waals surface area contributed by atoms with E-state index in [2.05, 4.69) is 5.32 Å². The van der Waals surface area contributed by atoms with Crippen LogP contribution in [-0.2, 0) is 9.59 Å². The Kier molecular flexibility index (Phi) is 4.23. The Morgan fingerprint density at radius 2 is 1.87 bits per heavy atom. The summed E-state index contributed by atoms with van der Waals surface area (Å²) < 4.78 is 10.6. The lowest BCUT2D eigenvalue weighted by Gasteiger charge is -2.26. The fraction of sp³-hybridized carbons (Fsp3) is 0.412. The Balaban J connectivity index is 1.69. The molecule has 1 aliphatic heterocycles. The molecule has 3 rings (SSSR count). The molecule has 0 fully saturated rings. The predicted molar refractivity (Wildman–Crippen MR) is 82.1 cm³/mol. The number of carbonyl (C=O) groups excluding carboxylic acids is 1. The molecule has 1 aliphatic carbocycles. The number of carbonyl (C=O) groups is 2. The van der Waals surface area contributed by atoms with Crippen molar-refractivity contribution in [1.82, 2.24) is 5.32 Å². The van der Waals surface area contributed by atoms with E-state index in [1.165, 1.54) is 0 Å². The van der Waals surface area contributed by atoms with E-state index in [4.69, 9.17) is 9.47 Å². The molecule has 2 aliphatic rings. The average molecular weight is 317 g/mol. The fourth-order valence-corrected chi connectivity index (χ4v) is 2.96. The van der Waals surface area contributed by atoms with Crippen LogP contribution in [0.25, 0.3) is 0 Å². The number of hydrogen-bond donors (Lipinski definition) is 2. The van der Waals surface area contributed by atoms with Crippen LogP contribution in [0.15, 0.2) is 30.4 Å². The molecule has 0 radical (unpaired) electrons. The molecule has 23 heavy (non-hydrogen) atoms. The highest BCUT2D eigenvalue weighted by Crippen LogP contribution is 2.34. The van der Waals surface area contributed by atoms with Crippen LogP contribution in [0.2, 0.25) is 0 Å². The zero-order valence-corrected chi connectivity index (χ0v) is 12.8. The number of nitrogens with one attached hydrogen (secondary N) is 1. The van der Waals surface area contributed by atoms with E-state index >= 15 is 0 Å². The van der Waals surface area contributed by atoms with Gasteiger partial charge < -0.3 is 19.9 Å². The minimum absolute atomic E-state index is 0.203. The standard InChI is InChI=1S/C17H19NO5/c1-10(11-6-7-14-15(8-11)23-9-22-14)18-16(19)12-4-2-3-5-13(12)17(20)21/h2-3,6-8,10,12-13H,4-5,9H2,1H3,(H,18,19)(H,20,21)/t10-,12+,13+/m0/s1. The van der Waals surface area contributed by atoms with E-state index in [-0.39, 0.29) is 18.7 Å². The maximum absolute atomic E-state index is 12.5. The highest BCUT2D eigenvalue weighted by atomic mass is 16.7. The normalized spacial score (nSPS) is 23.3. The lowest BCUT2D eigenvalue weighted by molar-refractivity contribution is -0.147. The van der Waals surface area contributed by atoms with Gasteiger partial charge in [-0.2, -0.15) is 0 Å². The Bertz CT molecular complexity index is 654. The van der Waals surface area contributed by atoms with E-state index in [1.54, 1.807) is 0 Å². The Labute approximate surface area is 134 Å². The number of fused-ring (bicyclic) bond motifs is 1. The van der Waals surface area contributed by atoms with E-state index < -0.39 is 17.8 Å². The maximum atomic E-state index is 12.5. The fourth-order valence-electron chi connectivity index (χ4n) is 2.96. The molecule has 1 aromatic rings. The number of hydrogen-bond acceptors (Lipinski definition) is 4. The molecule has 122 valence electrons. The molecule has 1 amide bonds. The number of amides is 1. The van der Waals surface area contributed by atoms with Crippen LogP contribution < -0.4 is 14.8 Å². The van der Waals surface area contributed by atoms with Gasteiger partial charge in [0.1, 0.15) is 0 Å². The molecule has 0 unspecified atom stereocenters. The van der Waals surface area contributed by atoms with Crippen molar-refractivity contribution in [2.24, 2.45) is 11.8 Å². The molecule has 0 saturated heterocycles. The van der Waals surface area contributed by atoms with Crippen molar-refractivity contribution in [3.05, 3.63) is 35.9 Å². The minimum Gasteiger partial charge on any atom is -0.481 e. The molecule has 0 spiro atoms. The van der Waals surface area contributed by atoms with Gasteiger partial charge in [-0.05, 0) is 37.5 Å². The van der Waals surface area contributed by atoms with Crippen molar-refractivity contribution in [3.63, 3.8) is 0 Å². The summed E-state index contributed by atoms with van der Waals surface area (Å²) in [7, 11) is 0. The molecule has 6 heteroatoms. The van der Waals surface area contributed by atoms with Crippen molar-refractivity contribution in [2.45, 2.75) is 25.8 Å². The largest absolute Gasteiger partial charge is 0.481 e. The number of aliphatic carboxylic acids is 1. The van der Waals surface area contributed by atoms with Gasteiger partial charge in [-0.25, -0.2) is 0 Å². The smallest absolute Gasteiger partial charge is 0.307 e. The molecule has 0 bridgehead atoms. The highest BCUT2D eigenvalue weighted by Gasteiger charge is 2.34. The molecule has 0 saturated carbocycles. The van der Waals surface area contributed by atoms with Gasteiger partial charge in [0.25, 0.3) is 0 Å². The van der Waals surface area contributed by atoms with Gasteiger partial charge in [0.05, 0.1) is 17.9 Å². The Hall–Kier alpha value is -2.50. The van der Waals surface area contributed by atoms with Crippen molar-refractivity contribution < 1.29 is 24.2 Å². The topological polar surface area (TPSA) is 84.9 Å². The Morgan fingerprint density at radius 3 is 2.61 bits per heavy atom. The summed E-state index contributed by atoms with van der Waals surface area (Å²) in [5.41, 5.74) is 0.890. The van der Waals surface area contributed by atoms with Crippen LogP contribution in [0.1, 0.15) is 31.4 Å². The van der Waals surface area contributed by atoms with E-state index in [0.29, 0.717) is 24.3 Å². The van der Waals surface area contributed by atoms with E-state index in [1.807, 2.05) is 37.3 Å². The molecular weight excluding hydrogens is 298 g/mol. The van der Waals surface area contributed by atoms with Gasteiger partial charge in [-0.15, -0.1) is 0 Å². The first kappa shape index (κ1) is 15.4. The quantitative estimate of drug-likeness (QED) is 0.832. The van der Waals surface area contributed by atoms with Crippen LogP contribution in [0.5, 0.6) is 11.5 Å². The van der Waals surface area contributed by atoms with Crippen LogP contribution in [0.4, 0.5) is 0 Å². The number of allylic oxidation sites excluding steroid dienone is 2. The minimum atomic E-state index is -0.926. The summed E-state index contributed by atoms with van der Waals surface area (Å²) in [4.78, 5) is 23.8. The van der Waals surface area contributed by atoms with Crippen molar-refractivity contribution in [3.8, 4) is 11.5 Å². The molecule has 1 heterocycles. The maximum Gasteiger partial charge on any atom is 0.307 e. The van der Waals surface area contributed by atoms with Gasteiger partial charge in [0, 0.05) is 0 Å². The molecule has 1 aromatic carbocycles. The average Bonchev–Trinajstić information content (AvgIpc) is 3.02. The van der Waals surface area contributed by atoms with E-state index in [0.717, 1.165) is 5.56 Å². The second kappa shape index (κ2) is 6.32. The predicted octanol–water partition coefficient (Wildman–Crippen LogP) is 2.26. The molecular formula is C17H19NO5. The summed E-state index contributed by atoms with van der Waals surface area (Å²) >= 11 is 0. The summed E-state index contributed by atoms with van der Waals surface area (Å²) in [6.07, 6.45) is 4.54. The number of benzene rings is 1. The van der Waals surface area contributed by atoms with Gasteiger partial charge in [-0.3, -0.25) is 9.59 Å². The summed E-state index contributed by atoms with van der Waals surface area (Å²) in [6.45, 7) is 2.07. The van der Waals surface area contributed by atoms with Gasteiger partial charge >= 0.3 is 5.97 Å². The third-order valence-electron chi connectivity index (χ3n) is 4.34.